The maximum atomic E-state index is 13.3. The lowest BCUT2D eigenvalue weighted by Crippen LogP contribution is -2.55. The highest BCUT2D eigenvalue weighted by Gasteiger charge is 2.52. The van der Waals surface area contributed by atoms with Gasteiger partial charge in [0.25, 0.3) is 5.91 Å². The molecule has 0 bridgehead atoms. The minimum Gasteiger partial charge on any atom is -0.349 e. The molecule has 1 unspecified atom stereocenters. The second-order valence-corrected chi connectivity index (χ2v) is 12.6. The topological polar surface area (TPSA) is 116 Å². The van der Waals surface area contributed by atoms with Crippen molar-refractivity contribution in [2.45, 2.75) is 56.1 Å². The molecule has 204 valence electrons. The largest absolute Gasteiger partial charge is 0.349 e. The van der Waals surface area contributed by atoms with Crippen LogP contribution in [0.1, 0.15) is 50.3 Å². The number of likely N-dealkylation sites (tertiary alicyclic amines) is 1. The third kappa shape index (κ3) is 6.24. The summed E-state index contributed by atoms with van der Waals surface area (Å²) in [7, 11) is -3.32. The normalized spacial score (nSPS) is 18.6. The Hall–Kier alpha value is -3.24. The van der Waals surface area contributed by atoms with Crippen molar-refractivity contribution in [2.24, 2.45) is 5.92 Å². The monoisotopic (exact) mass is 540 g/mol. The number of imide groups is 1. The second-order valence-electron chi connectivity index (χ2n) is 10.6. The number of benzene rings is 2. The van der Waals surface area contributed by atoms with Crippen LogP contribution in [0, 0.1) is 5.92 Å². The van der Waals surface area contributed by atoms with Gasteiger partial charge < -0.3 is 15.5 Å². The van der Waals surface area contributed by atoms with E-state index >= 15 is 0 Å². The number of urea groups is 1. The lowest BCUT2D eigenvalue weighted by atomic mass is 9.87. The average Bonchev–Trinajstić information content (AvgIpc) is 3.11. The molecule has 2 heterocycles. The van der Waals surface area contributed by atoms with Crippen LogP contribution in [0.3, 0.4) is 0 Å². The molecule has 2 fully saturated rings. The van der Waals surface area contributed by atoms with Gasteiger partial charge >= 0.3 is 6.03 Å². The van der Waals surface area contributed by atoms with Crippen LogP contribution in [0.15, 0.2) is 59.5 Å². The number of piperidine rings is 1. The molecule has 10 heteroatoms. The first kappa shape index (κ1) is 27.8. The summed E-state index contributed by atoms with van der Waals surface area (Å²) in [5.41, 5.74) is 0.838. The Balaban J connectivity index is 1.35. The third-order valence-electron chi connectivity index (χ3n) is 7.42. The second kappa shape index (κ2) is 11.2. The Bertz CT molecular complexity index is 1270. The minimum absolute atomic E-state index is 0.0155. The molecule has 0 aliphatic carbocycles. The zero-order valence-electron chi connectivity index (χ0n) is 22.1. The van der Waals surface area contributed by atoms with E-state index in [0.29, 0.717) is 31.5 Å². The summed E-state index contributed by atoms with van der Waals surface area (Å²) in [5, 5.41) is 6.09. The molecule has 2 aromatic carbocycles. The van der Waals surface area contributed by atoms with Gasteiger partial charge in [-0.15, -0.1) is 0 Å². The maximum absolute atomic E-state index is 13.3. The van der Waals surface area contributed by atoms with E-state index in [0.717, 1.165) is 24.8 Å². The van der Waals surface area contributed by atoms with Crippen molar-refractivity contribution in [2.75, 3.05) is 25.9 Å². The van der Waals surface area contributed by atoms with Gasteiger partial charge in [0.15, 0.2) is 9.84 Å². The number of nitrogens with zero attached hydrogens (tertiary/aromatic N) is 2. The number of rotatable bonds is 9. The molecule has 38 heavy (non-hydrogen) atoms. The molecular weight excluding hydrogens is 504 g/mol. The van der Waals surface area contributed by atoms with Gasteiger partial charge in [0, 0.05) is 31.8 Å². The summed E-state index contributed by atoms with van der Waals surface area (Å²) in [6.45, 7) is 5.91. The number of nitrogens with one attached hydrogen (secondary N) is 2. The fourth-order valence-corrected chi connectivity index (χ4v) is 5.63. The SMILES string of the molecule is CC(C)C(=O)NC(CCN1CCC2(CC1)NC(=O)N(Cc1ccc(S(C)(=O)=O)cc1)C2=O)c1ccccc1. The summed E-state index contributed by atoms with van der Waals surface area (Å²) in [5.74, 6) is -0.323. The number of hydrogen-bond donors (Lipinski definition) is 2. The van der Waals surface area contributed by atoms with E-state index < -0.39 is 21.4 Å². The highest BCUT2D eigenvalue weighted by atomic mass is 32.2. The number of sulfone groups is 1. The number of carbonyl (C=O) groups is 3. The number of amides is 4. The molecule has 0 radical (unpaired) electrons. The van der Waals surface area contributed by atoms with E-state index in [4.69, 9.17) is 0 Å². The molecule has 9 nitrogen and oxygen atoms in total. The minimum atomic E-state index is -3.32. The zero-order valence-corrected chi connectivity index (χ0v) is 23.0. The van der Waals surface area contributed by atoms with Crippen molar-refractivity contribution in [1.29, 1.82) is 0 Å². The molecule has 2 aliphatic rings. The van der Waals surface area contributed by atoms with Crippen LogP contribution < -0.4 is 10.6 Å². The molecule has 2 N–H and O–H groups in total. The summed E-state index contributed by atoms with van der Waals surface area (Å²) in [6.07, 6.45) is 2.90. The van der Waals surface area contributed by atoms with Crippen LogP contribution in [0.25, 0.3) is 0 Å². The lowest BCUT2D eigenvalue weighted by Gasteiger charge is -2.37. The van der Waals surface area contributed by atoms with Crippen molar-refractivity contribution >= 4 is 27.7 Å². The predicted molar refractivity (Wildman–Crippen MR) is 144 cm³/mol. The summed E-state index contributed by atoms with van der Waals surface area (Å²) in [4.78, 5) is 42.2. The van der Waals surface area contributed by atoms with Gasteiger partial charge in [-0.3, -0.25) is 14.5 Å². The van der Waals surface area contributed by atoms with Crippen molar-refractivity contribution < 1.29 is 22.8 Å². The highest BCUT2D eigenvalue weighted by molar-refractivity contribution is 7.90. The van der Waals surface area contributed by atoms with Crippen LogP contribution >= 0.6 is 0 Å². The maximum Gasteiger partial charge on any atom is 0.325 e. The van der Waals surface area contributed by atoms with Gasteiger partial charge in [0.1, 0.15) is 5.54 Å². The van der Waals surface area contributed by atoms with Gasteiger partial charge in [-0.2, -0.15) is 0 Å². The van der Waals surface area contributed by atoms with E-state index in [1.807, 2.05) is 44.2 Å². The van der Waals surface area contributed by atoms with E-state index in [-0.39, 0.29) is 35.2 Å². The summed E-state index contributed by atoms with van der Waals surface area (Å²) >= 11 is 0. The number of hydrogen-bond acceptors (Lipinski definition) is 6. The quantitative estimate of drug-likeness (QED) is 0.473. The molecule has 0 saturated carbocycles. The molecule has 1 spiro atoms. The first-order valence-electron chi connectivity index (χ1n) is 13.0. The first-order valence-corrected chi connectivity index (χ1v) is 14.9. The first-order chi connectivity index (χ1) is 18.0. The van der Waals surface area contributed by atoms with E-state index in [1.54, 1.807) is 12.1 Å². The molecule has 2 aliphatic heterocycles. The van der Waals surface area contributed by atoms with Crippen molar-refractivity contribution in [3.63, 3.8) is 0 Å². The Morgan fingerprint density at radius 1 is 1.03 bits per heavy atom. The molecule has 4 rings (SSSR count). The van der Waals surface area contributed by atoms with Crippen LogP contribution in [0.4, 0.5) is 4.79 Å². The van der Waals surface area contributed by atoms with E-state index in [2.05, 4.69) is 15.5 Å². The highest BCUT2D eigenvalue weighted by Crippen LogP contribution is 2.31. The van der Waals surface area contributed by atoms with Gasteiger partial charge in [0.05, 0.1) is 17.5 Å². The third-order valence-corrected chi connectivity index (χ3v) is 8.55. The Morgan fingerprint density at radius 3 is 2.24 bits per heavy atom. The molecule has 2 aromatic rings. The molecule has 0 aromatic heterocycles. The van der Waals surface area contributed by atoms with Gasteiger partial charge in [-0.1, -0.05) is 56.3 Å². The molecule has 4 amide bonds. The Morgan fingerprint density at radius 2 is 1.66 bits per heavy atom. The molecule has 2 saturated heterocycles. The van der Waals surface area contributed by atoms with Crippen LogP contribution in [-0.4, -0.2) is 67.5 Å². The Kier molecular flexibility index (Phi) is 8.22. The fraction of sp³-hybridized carbons (Fsp3) is 0.464. The standard InChI is InChI=1S/C28H36N4O5S/c1-20(2)25(33)29-24(22-7-5-4-6-8-22)13-16-31-17-14-28(15-18-31)26(34)32(27(35)30-28)19-21-9-11-23(12-10-21)38(3,36)37/h4-12,20,24H,13-19H2,1-3H3,(H,29,33)(H,30,35). The van der Waals surface area contributed by atoms with E-state index in [1.165, 1.54) is 17.0 Å². The van der Waals surface area contributed by atoms with Crippen LogP contribution in [0.2, 0.25) is 0 Å². The van der Waals surface area contributed by atoms with Crippen molar-refractivity contribution in [3.8, 4) is 0 Å². The zero-order chi connectivity index (χ0) is 27.5. The fourth-order valence-electron chi connectivity index (χ4n) is 5.00. The number of carbonyl (C=O) groups excluding carboxylic acids is 3. The average molecular weight is 541 g/mol. The van der Waals surface area contributed by atoms with Gasteiger partial charge in [-0.25, -0.2) is 13.2 Å². The molecular formula is C28H36N4O5S. The molecule has 1 atom stereocenters. The Labute approximate surface area is 224 Å². The van der Waals surface area contributed by atoms with Crippen molar-refractivity contribution in [3.05, 3.63) is 65.7 Å². The van der Waals surface area contributed by atoms with Gasteiger partial charge in [0.2, 0.25) is 5.91 Å². The summed E-state index contributed by atoms with van der Waals surface area (Å²) < 4.78 is 23.4. The van der Waals surface area contributed by atoms with Crippen molar-refractivity contribution in [1.82, 2.24) is 20.4 Å². The lowest BCUT2D eigenvalue weighted by molar-refractivity contribution is -0.133. The van der Waals surface area contributed by atoms with E-state index in [9.17, 15) is 22.8 Å². The summed E-state index contributed by atoms with van der Waals surface area (Å²) in [6, 6.07) is 15.7. The van der Waals surface area contributed by atoms with Gasteiger partial charge in [-0.05, 0) is 42.5 Å². The van der Waals surface area contributed by atoms with Crippen LogP contribution in [-0.2, 0) is 26.0 Å². The predicted octanol–water partition coefficient (Wildman–Crippen LogP) is 2.88. The van der Waals surface area contributed by atoms with Crippen LogP contribution in [0.5, 0.6) is 0 Å². The smallest absolute Gasteiger partial charge is 0.325 e.